The Balaban J connectivity index is 2.21. The van der Waals surface area contributed by atoms with Crippen LogP contribution in [-0.4, -0.2) is 10.1 Å². The molecule has 18 heavy (non-hydrogen) atoms. The molecule has 2 rings (SSSR count). The van der Waals surface area contributed by atoms with E-state index in [4.69, 9.17) is 4.74 Å². The lowest BCUT2D eigenvalue weighted by atomic mass is 10.2. The van der Waals surface area contributed by atoms with Crippen molar-refractivity contribution in [2.75, 3.05) is 0 Å². The number of aromatic nitrogens is 1. The molecule has 0 fully saturated rings. The van der Waals surface area contributed by atoms with E-state index >= 15 is 0 Å². The molecule has 0 spiro atoms. The van der Waals surface area contributed by atoms with Crippen molar-refractivity contribution < 1.29 is 18.6 Å². The topological polar surface area (TPSA) is 42.4 Å². The van der Waals surface area contributed by atoms with Crippen molar-refractivity contribution in [3.05, 3.63) is 53.7 Å². The van der Waals surface area contributed by atoms with Crippen LogP contribution >= 0.6 is 0 Å². The molecule has 5 heteroatoms. The highest BCUT2D eigenvalue weighted by molar-refractivity contribution is 5.30. The standard InChI is InChI=1S/C13H11F2NO2/c1-8(17)9-2-5-13(16-7-9)18-12-6-10(14)3-4-11(12)15/h2-8,17H,1H3. The zero-order valence-corrected chi connectivity index (χ0v) is 9.60. The van der Waals surface area contributed by atoms with Gasteiger partial charge in [-0.3, -0.25) is 0 Å². The van der Waals surface area contributed by atoms with Crippen LogP contribution in [0.4, 0.5) is 8.78 Å². The van der Waals surface area contributed by atoms with Gasteiger partial charge in [-0.1, -0.05) is 0 Å². The fourth-order valence-corrected chi connectivity index (χ4v) is 1.37. The lowest BCUT2D eigenvalue weighted by Gasteiger charge is -2.07. The molecule has 1 aromatic carbocycles. The summed E-state index contributed by atoms with van der Waals surface area (Å²) in [7, 11) is 0. The van der Waals surface area contributed by atoms with E-state index < -0.39 is 17.7 Å². The monoisotopic (exact) mass is 251 g/mol. The predicted molar refractivity (Wildman–Crippen MR) is 61.3 cm³/mol. The Labute approximate surface area is 103 Å². The number of aliphatic hydroxyl groups is 1. The third-order valence-electron chi connectivity index (χ3n) is 2.35. The average Bonchev–Trinajstić information content (AvgIpc) is 2.34. The van der Waals surface area contributed by atoms with Crippen molar-refractivity contribution in [1.29, 1.82) is 0 Å². The van der Waals surface area contributed by atoms with Crippen molar-refractivity contribution in [1.82, 2.24) is 4.98 Å². The normalized spacial score (nSPS) is 12.2. The first kappa shape index (κ1) is 12.4. The van der Waals surface area contributed by atoms with Crippen LogP contribution in [0.25, 0.3) is 0 Å². The van der Waals surface area contributed by atoms with E-state index in [2.05, 4.69) is 4.98 Å². The summed E-state index contributed by atoms with van der Waals surface area (Å²) in [4.78, 5) is 3.89. The van der Waals surface area contributed by atoms with Crippen molar-refractivity contribution in [3.8, 4) is 11.6 Å². The molecule has 1 atom stereocenters. The second-order valence-electron chi connectivity index (χ2n) is 3.78. The molecule has 0 aliphatic heterocycles. The Morgan fingerprint density at radius 2 is 2.00 bits per heavy atom. The van der Waals surface area contributed by atoms with Crippen LogP contribution < -0.4 is 4.74 Å². The Bertz CT molecular complexity index is 541. The first-order valence-corrected chi connectivity index (χ1v) is 5.33. The average molecular weight is 251 g/mol. The van der Waals surface area contributed by atoms with Gasteiger partial charge in [0.2, 0.25) is 5.88 Å². The third-order valence-corrected chi connectivity index (χ3v) is 2.35. The Kier molecular flexibility index (Phi) is 3.53. The Hall–Kier alpha value is -2.01. The van der Waals surface area contributed by atoms with Gasteiger partial charge in [-0.05, 0) is 30.7 Å². The molecule has 0 radical (unpaired) electrons. The highest BCUT2D eigenvalue weighted by Crippen LogP contribution is 2.24. The number of benzene rings is 1. The van der Waals surface area contributed by atoms with Crippen LogP contribution in [0.15, 0.2) is 36.5 Å². The van der Waals surface area contributed by atoms with Gasteiger partial charge in [-0.2, -0.15) is 0 Å². The minimum absolute atomic E-state index is 0.129. The van der Waals surface area contributed by atoms with Crippen LogP contribution in [0, 0.1) is 11.6 Å². The van der Waals surface area contributed by atoms with Crippen molar-refractivity contribution in [3.63, 3.8) is 0 Å². The second-order valence-corrected chi connectivity index (χ2v) is 3.78. The summed E-state index contributed by atoms with van der Waals surface area (Å²) < 4.78 is 31.3. The molecular weight excluding hydrogens is 240 g/mol. The van der Waals surface area contributed by atoms with Crippen molar-refractivity contribution in [2.45, 2.75) is 13.0 Å². The van der Waals surface area contributed by atoms with Gasteiger partial charge in [-0.25, -0.2) is 13.8 Å². The van der Waals surface area contributed by atoms with Gasteiger partial charge in [0.1, 0.15) is 5.82 Å². The van der Waals surface area contributed by atoms with E-state index in [0.717, 1.165) is 18.2 Å². The van der Waals surface area contributed by atoms with Crippen LogP contribution in [0.1, 0.15) is 18.6 Å². The molecule has 1 heterocycles. The number of rotatable bonds is 3. The molecule has 0 saturated carbocycles. The Morgan fingerprint density at radius 3 is 2.61 bits per heavy atom. The number of aliphatic hydroxyl groups excluding tert-OH is 1. The molecule has 1 unspecified atom stereocenters. The molecule has 0 aliphatic rings. The summed E-state index contributed by atoms with van der Waals surface area (Å²) in [5, 5.41) is 9.29. The maximum atomic E-state index is 13.3. The minimum Gasteiger partial charge on any atom is -0.436 e. The maximum Gasteiger partial charge on any atom is 0.219 e. The van der Waals surface area contributed by atoms with Gasteiger partial charge in [-0.15, -0.1) is 0 Å². The van der Waals surface area contributed by atoms with Crippen molar-refractivity contribution >= 4 is 0 Å². The molecule has 2 aromatic rings. The summed E-state index contributed by atoms with van der Waals surface area (Å²) in [5.41, 5.74) is 0.613. The number of hydrogen-bond acceptors (Lipinski definition) is 3. The lowest BCUT2D eigenvalue weighted by molar-refractivity contribution is 0.198. The molecule has 94 valence electrons. The smallest absolute Gasteiger partial charge is 0.219 e. The second kappa shape index (κ2) is 5.10. The number of ether oxygens (including phenoxy) is 1. The molecule has 0 aliphatic carbocycles. The largest absolute Gasteiger partial charge is 0.436 e. The summed E-state index contributed by atoms with van der Waals surface area (Å²) in [6, 6.07) is 6.01. The van der Waals surface area contributed by atoms with Gasteiger partial charge in [0.05, 0.1) is 6.10 Å². The number of hydrogen-bond donors (Lipinski definition) is 1. The number of halogens is 2. The van der Waals surface area contributed by atoms with Gasteiger partial charge < -0.3 is 9.84 Å². The van der Waals surface area contributed by atoms with Crippen LogP contribution in [0.3, 0.4) is 0 Å². The quantitative estimate of drug-likeness (QED) is 0.910. The zero-order valence-electron chi connectivity index (χ0n) is 9.60. The highest BCUT2D eigenvalue weighted by Gasteiger charge is 2.08. The van der Waals surface area contributed by atoms with E-state index in [1.54, 1.807) is 13.0 Å². The Morgan fingerprint density at radius 1 is 1.22 bits per heavy atom. The molecule has 1 aromatic heterocycles. The number of pyridine rings is 1. The molecule has 0 amide bonds. The van der Waals surface area contributed by atoms with E-state index in [1.807, 2.05) is 0 Å². The first-order valence-electron chi connectivity index (χ1n) is 5.33. The molecule has 3 nitrogen and oxygen atoms in total. The minimum atomic E-state index is -0.669. The van der Waals surface area contributed by atoms with E-state index in [0.29, 0.717) is 5.56 Å². The fourth-order valence-electron chi connectivity index (χ4n) is 1.37. The number of nitrogens with zero attached hydrogens (tertiary/aromatic N) is 1. The van der Waals surface area contributed by atoms with Gasteiger partial charge in [0.25, 0.3) is 0 Å². The first-order chi connectivity index (χ1) is 8.56. The zero-order chi connectivity index (χ0) is 13.1. The summed E-state index contributed by atoms with van der Waals surface area (Å²) in [6.45, 7) is 1.60. The molecule has 0 saturated heterocycles. The SMILES string of the molecule is CC(O)c1ccc(Oc2cc(F)ccc2F)nc1. The van der Waals surface area contributed by atoms with E-state index in [9.17, 15) is 13.9 Å². The van der Waals surface area contributed by atoms with Gasteiger partial charge in [0.15, 0.2) is 11.6 Å². The molecular formula is C13H11F2NO2. The van der Waals surface area contributed by atoms with Crippen LogP contribution in [0.5, 0.6) is 11.6 Å². The summed E-state index contributed by atoms with van der Waals surface area (Å²) in [5.74, 6) is -1.36. The van der Waals surface area contributed by atoms with E-state index in [1.165, 1.54) is 12.3 Å². The van der Waals surface area contributed by atoms with Crippen LogP contribution in [0.2, 0.25) is 0 Å². The summed E-state index contributed by atoms with van der Waals surface area (Å²) in [6.07, 6.45) is 0.773. The highest BCUT2D eigenvalue weighted by atomic mass is 19.1. The fraction of sp³-hybridized carbons (Fsp3) is 0.154. The van der Waals surface area contributed by atoms with Gasteiger partial charge >= 0.3 is 0 Å². The molecule has 0 bridgehead atoms. The summed E-state index contributed by atoms with van der Waals surface area (Å²) >= 11 is 0. The third kappa shape index (κ3) is 2.81. The van der Waals surface area contributed by atoms with Crippen molar-refractivity contribution in [2.24, 2.45) is 0 Å². The van der Waals surface area contributed by atoms with Gasteiger partial charge in [0, 0.05) is 18.3 Å². The lowest BCUT2D eigenvalue weighted by Crippen LogP contribution is -1.95. The van der Waals surface area contributed by atoms with E-state index in [-0.39, 0.29) is 11.6 Å². The predicted octanol–water partition coefficient (Wildman–Crippen LogP) is 3.21. The van der Waals surface area contributed by atoms with Crippen LogP contribution in [-0.2, 0) is 0 Å². The molecule has 1 N–H and O–H groups in total. The maximum absolute atomic E-state index is 13.3.